The summed E-state index contributed by atoms with van der Waals surface area (Å²) in [6.45, 7) is 0.731. The molecule has 0 radical (unpaired) electrons. The molecule has 1 N–H and O–H groups in total. The lowest BCUT2D eigenvalue weighted by molar-refractivity contribution is 0.474. The second-order valence-electron chi connectivity index (χ2n) is 3.79. The molecule has 18 heavy (non-hydrogen) atoms. The van der Waals surface area contributed by atoms with Crippen LogP contribution in [0.15, 0.2) is 42.5 Å². The highest BCUT2D eigenvalue weighted by atomic mass is 35.5. The molecule has 4 heteroatoms. The fraction of sp³-hybridized carbons (Fsp3) is 0.143. The Bertz CT molecular complexity index is 543. The molecule has 0 aliphatic heterocycles. The van der Waals surface area contributed by atoms with Gasteiger partial charge in [-0.1, -0.05) is 47.5 Å². The van der Waals surface area contributed by atoms with Gasteiger partial charge < -0.3 is 10.1 Å². The van der Waals surface area contributed by atoms with Crippen molar-refractivity contribution < 1.29 is 4.74 Å². The average Bonchev–Trinajstić information content (AvgIpc) is 2.37. The van der Waals surface area contributed by atoms with E-state index in [4.69, 9.17) is 27.9 Å². The molecule has 0 aromatic heterocycles. The fourth-order valence-electron chi connectivity index (χ4n) is 1.62. The average molecular weight is 282 g/mol. The van der Waals surface area contributed by atoms with Gasteiger partial charge in [-0.2, -0.15) is 0 Å². The third-order valence-electron chi connectivity index (χ3n) is 2.48. The van der Waals surface area contributed by atoms with Crippen LogP contribution in [-0.2, 0) is 6.54 Å². The molecule has 2 nitrogen and oxygen atoms in total. The van der Waals surface area contributed by atoms with Crippen LogP contribution >= 0.6 is 23.2 Å². The molecule has 0 atom stereocenters. The van der Waals surface area contributed by atoms with E-state index in [1.165, 1.54) is 0 Å². The van der Waals surface area contributed by atoms with Crippen molar-refractivity contribution in [2.24, 2.45) is 0 Å². The maximum absolute atomic E-state index is 6.10. The van der Waals surface area contributed by atoms with E-state index in [1.807, 2.05) is 37.4 Å². The molecule has 2 rings (SSSR count). The van der Waals surface area contributed by atoms with Gasteiger partial charge in [-0.25, -0.2) is 0 Å². The van der Waals surface area contributed by atoms with E-state index in [9.17, 15) is 0 Å². The van der Waals surface area contributed by atoms with Gasteiger partial charge in [0, 0.05) is 12.1 Å². The number of benzene rings is 2. The van der Waals surface area contributed by atoms with E-state index in [2.05, 4.69) is 5.32 Å². The summed E-state index contributed by atoms with van der Waals surface area (Å²) >= 11 is 12.1. The van der Waals surface area contributed by atoms with Crippen LogP contribution in [0.3, 0.4) is 0 Å². The summed E-state index contributed by atoms with van der Waals surface area (Å²) in [6, 6.07) is 13.1. The Morgan fingerprint density at radius 3 is 2.50 bits per heavy atom. The number of halogens is 2. The molecule has 0 aliphatic carbocycles. The first-order chi connectivity index (χ1) is 8.72. The smallest absolute Gasteiger partial charge is 0.147 e. The zero-order valence-electron chi connectivity index (χ0n) is 9.91. The molecule has 2 aromatic rings. The maximum Gasteiger partial charge on any atom is 0.147 e. The Hall–Kier alpha value is -1.22. The Kier molecular flexibility index (Phi) is 4.48. The largest absolute Gasteiger partial charge is 0.455 e. The van der Waals surface area contributed by atoms with Crippen LogP contribution in [0.2, 0.25) is 10.0 Å². The molecule has 0 saturated heterocycles. The van der Waals surface area contributed by atoms with Gasteiger partial charge >= 0.3 is 0 Å². The summed E-state index contributed by atoms with van der Waals surface area (Å²) in [5.41, 5.74) is 1.07. The summed E-state index contributed by atoms with van der Waals surface area (Å²) in [4.78, 5) is 0. The van der Waals surface area contributed by atoms with Gasteiger partial charge in [-0.05, 0) is 25.2 Å². The second kappa shape index (κ2) is 6.10. The third kappa shape index (κ3) is 2.96. The Labute approximate surface area is 116 Å². The first-order valence-corrected chi connectivity index (χ1v) is 6.32. The highest BCUT2D eigenvalue weighted by Gasteiger charge is 2.08. The second-order valence-corrected chi connectivity index (χ2v) is 4.58. The molecular weight excluding hydrogens is 269 g/mol. The highest BCUT2D eigenvalue weighted by molar-refractivity contribution is 6.42. The molecule has 2 aromatic carbocycles. The van der Waals surface area contributed by atoms with Crippen LogP contribution in [0, 0.1) is 0 Å². The number of ether oxygens (including phenoxy) is 1. The van der Waals surface area contributed by atoms with Crippen LogP contribution in [0.4, 0.5) is 0 Å². The fourth-order valence-corrected chi connectivity index (χ4v) is 1.95. The maximum atomic E-state index is 6.10. The molecule has 0 heterocycles. The summed E-state index contributed by atoms with van der Waals surface area (Å²) in [6.07, 6.45) is 0. The van der Waals surface area contributed by atoms with Gasteiger partial charge in [-0.3, -0.25) is 0 Å². The predicted octanol–water partition coefficient (Wildman–Crippen LogP) is 4.51. The van der Waals surface area contributed by atoms with Crippen LogP contribution in [0.1, 0.15) is 5.56 Å². The van der Waals surface area contributed by atoms with E-state index in [0.717, 1.165) is 17.9 Å². The van der Waals surface area contributed by atoms with Gasteiger partial charge in [0.2, 0.25) is 0 Å². The molecule has 0 aliphatic rings. The normalized spacial score (nSPS) is 10.4. The minimum Gasteiger partial charge on any atom is -0.455 e. The number of hydrogen-bond acceptors (Lipinski definition) is 2. The number of rotatable bonds is 4. The van der Waals surface area contributed by atoms with Crippen molar-refractivity contribution in [2.45, 2.75) is 6.54 Å². The van der Waals surface area contributed by atoms with Crippen molar-refractivity contribution in [3.8, 4) is 11.5 Å². The summed E-state index contributed by atoms with van der Waals surface area (Å²) in [5, 5.41) is 4.01. The zero-order valence-corrected chi connectivity index (χ0v) is 11.4. The van der Waals surface area contributed by atoms with Crippen LogP contribution in [-0.4, -0.2) is 7.05 Å². The van der Waals surface area contributed by atoms with E-state index in [0.29, 0.717) is 15.8 Å². The molecule has 0 fully saturated rings. The quantitative estimate of drug-likeness (QED) is 0.891. The van der Waals surface area contributed by atoms with Crippen molar-refractivity contribution in [1.82, 2.24) is 5.32 Å². The first kappa shape index (κ1) is 13.2. The molecule has 94 valence electrons. The predicted molar refractivity (Wildman–Crippen MR) is 75.7 cm³/mol. The van der Waals surface area contributed by atoms with Crippen molar-refractivity contribution in [3.05, 3.63) is 58.1 Å². The van der Waals surface area contributed by atoms with E-state index < -0.39 is 0 Å². The van der Waals surface area contributed by atoms with Crippen LogP contribution in [0.5, 0.6) is 11.5 Å². The van der Waals surface area contributed by atoms with Crippen molar-refractivity contribution in [3.63, 3.8) is 0 Å². The Morgan fingerprint density at radius 1 is 1.00 bits per heavy atom. The Balaban J connectivity index is 2.31. The number of para-hydroxylation sites is 1. The molecule has 0 unspecified atom stereocenters. The number of nitrogens with one attached hydrogen (secondary N) is 1. The lowest BCUT2D eigenvalue weighted by Crippen LogP contribution is -2.06. The van der Waals surface area contributed by atoms with Gasteiger partial charge in [0.25, 0.3) is 0 Å². The first-order valence-electron chi connectivity index (χ1n) is 5.56. The van der Waals surface area contributed by atoms with Gasteiger partial charge in [0.05, 0.1) is 5.02 Å². The zero-order chi connectivity index (χ0) is 13.0. The van der Waals surface area contributed by atoms with Gasteiger partial charge in [0.1, 0.15) is 16.5 Å². The monoisotopic (exact) mass is 281 g/mol. The molecular formula is C14H13Cl2NO. The molecule has 0 amide bonds. The third-order valence-corrected chi connectivity index (χ3v) is 3.28. The lowest BCUT2D eigenvalue weighted by atomic mass is 10.2. The SMILES string of the molecule is CNCc1ccccc1Oc1cccc(Cl)c1Cl. The lowest BCUT2D eigenvalue weighted by Gasteiger charge is -2.12. The standard InChI is InChI=1S/C14H13Cl2NO/c1-17-9-10-5-2-3-7-12(10)18-13-8-4-6-11(15)14(13)16/h2-8,17H,9H2,1H3. The van der Waals surface area contributed by atoms with Crippen molar-refractivity contribution >= 4 is 23.2 Å². The summed E-state index contributed by atoms with van der Waals surface area (Å²) in [7, 11) is 1.89. The molecule has 0 saturated carbocycles. The summed E-state index contributed by atoms with van der Waals surface area (Å²) < 4.78 is 5.82. The molecule has 0 spiro atoms. The van der Waals surface area contributed by atoms with Crippen LogP contribution < -0.4 is 10.1 Å². The topological polar surface area (TPSA) is 21.3 Å². The minimum atomic E-state index is 0.429. The van der Waals surface area contributed by atoms with Crippen molar-refractivity contribution in [1.29, 1.82) is 0 Å². The van der Waals surface area contributed by atoms with Crippen LogP contribution in [0.25, 0.3) is 0 Å². The molecule has 0 bridgehead atoms. The highest BCUT2D eigenvalue weighted by Crippen LogP contribution is 2.35. The Morgan fingerprint density at radius 2 is 1.72 bits per heavy atom. The minimum absolute atomic E-state index is 0.429. The number of hydrogen-bond donors (Lipinski definition) is 1. The van der Waals surface area contributed by atoms with E-state index >= 15 is 0 Å². The van der Waals surface area contributed by atoms with Gasteiger partial charge in [0.15, 0.2) is 0 Å². The van der Waals surface area contributed by atoms with E-state index in [1.54, 1.807) is 12.1 Å². The summed E-state index contributed by atoms with van der Waals surface area (Å²) in [5.74, 6) is 1.34. The van der Waals surface area contributed by atoms with E-state index in [-0.39, 0.29) is 0 Å². The van der Waals surface area contributed by atoms with Gasteiger partial charge in [-0.15, -0.1) is 0 Å². The van der Waals surface area contributed by atoms with Crippen molar-refractivity contribution in [2.75, 3.05) is 7.05 Å².